The lowest BCUT2D eigenvalue weighted by Gasteiger charge is -2.21. The first-order chi connectivity index (χ1) is 17.0. The van der Waals surface area contributed by atoms with E-state index < -0.39 is 23.8 Å². The van der Waals surface area contributed by atoms with Crippen molar-refractivity contribution >= 4 is 34.9 Å². The molecule has 0 saturated heterocycles. The molecule has 4 N–H and O–H groups in total. The third kappa shape index (κ3) is 5.46. The average molecular weight is 476 g/mol. The third-order valence-corrected chi connectivity index (χ3v) is 5.57. The Morgan fingerprint density at radius 1 is 1.14 bits per heavy atom. The topological polar surface area (TPSA) is 140 Å². The van der Waals surface area contributed by atoms with Crippen LogP contribution in [0.25, 0.3) is 10.9 Å². The highest BCUT2D eigenvalue weighted by Crippen LogP contribution is 2.27. The normalized spacial score (nSPS) is 12.8. The van der Waals surface area contributed by atoms with Crippen LogP contribution in [0.3, 0.4) is 0 Å². The van der Waals surface area contributed by atoms with E-state index in [1.165, 1.54) is 0 Å². The van der Waals surface area contributed by atoms with Crippen LogP contribution in [-0.4, -0.2) is 57.4 Å². The van der Waals surface area contributed by atoms with Gasteiger partial charge in [-0.25, -0.2) is 5.48 Å². The zero-order valence-electron chi connectivity index (χ0n) is 19.1. The summed E-state index contributed by atoms with van der Waals surface area (Å²) in [6, 6.07) is 11.2. The summed E-state index contributed by atoms with van der Waals surface area (Å²) < 4.78 is 0. The molecule has 0 aliphatic carbocycles. The number of nitrogens with zero attached hydrogens (tertiary/aromatic N) is 1. The number of rotatable bonds is 7. The minimum absolute atomic E-state index is 0.183. The van der Waals surface area contributed by atoms with Gasteiger partial charge in [-0.3, -0.25) is 24.5 Å². The summed E-state index contributed by atoms with van der Waals surface area (Å²) in [7, 11) is 1.00. The van der Waals surface area contributed by atoms with E-state index in [9.17, 15) is 19.2 Å². The molecule has 9 nitrogen and oxygen atoms in total. The van der Waals surface area contributed by atoms with Gasteiger partial charge in [-0.1, -0.05) is 24.0 Å². The van der Waals surface area contributed by atoms with Gasteiger partial charge in [0.1, 0.15) is 6.29 Å². The van der Waals surface area contributed by atoms with E-state index >= 15 is 0 Å². The molecule has 0 saturated carbocycles. The number of hydrogen-bond acceptors (Lipinski definition) is 6. The van der Waals surface area contributed by atoms with Gasteiger partial charge in [0.15, 0.2) is 0 Å². The number of hydrogen-bond donors (Lipinski definition) is 4. The molecule has 0 spiro atoms. The van der Waals surface area contributed by atoms with Crippen LogP contribution in [0.4, 0.5) is 0 Å². The predicted molar refractivity (Wildman–Crippen MR) is 128 cm³/mol. The molecule has 2 aromatic carbocycles. The number of unbranched alkanes of at least 4 members (excludes halogenated alkanes) is 1. The second kappa shape index (κ2) is 11.7. The number of aldehydes is 1. The van der Waals surface area contributed by atoms with Crippen molar-refractivity contribution < 1.29 is 29.5 Å². The van der Waals surface area contributed by atoms with Crippen LogP contribution in [0.2, 0.25) is 0 Å². The number of aliphatic hydroxyl groups is 1. The molecule has 0 radical (unpaired) electrons. The summed E-state index contributed by atoms with van der Waals surface area (Å²) >= 11 is 0. The summed E-state index contributed by atoms with van der Waals surface area (Å²) in [5.74, 6) is 4.67. The van der Waals surface area contributed by atoms with Crippen molar-refractivity contribution in [3.8, 4) is 11.8 Å². The van der Waals surface area contributed by atoms with Crippen LogP contribution in [0.5, 0.6) is 0 Å². The molecule has 3 amide bonds. The van der Waals surface area contributed by atoms with Crippen LogP contribution in [-0.2, 0) is 16.0 Å². The molecule has 0 fully saturated rings. The molecule has 9 heteroatoms. The van der Waals surface area contributed by atoms with E-state index in [4.69, 9.17) is 10.3 Å². The molecule has 1 aliphatic heterocycles. The first-order valence-electron chi connectivity index (χ1n) is 10.9. The maximum absolute atomic E-state index is 12.8. The van der Waals surface area contributed by atoms with Crippen molar-refractivity contribution in [1.29, 1.82) is 0 Å². The van der Waals surface area contributed by atoms with Gasteiger partial charge in [0, 0.05) is 49.0 Å². The van der Waals surface area contributed by atoms with Crippen molar-refractivity contribution in [1.82, 2.24) is 15.4 Å². The van der Waals surface area contributed by atoms with E-state index in [0.717, 1.165) is 34.0 Å². The van der Waals surface area contributed by atoms with Crippen molar-refractivity contribution in [2.75, 3.05) is 7.11 Å². The highest BCUT2D eigenvalue weighted by molar-refractivity contribution is 6.22. The fraction of sp³-hybridized carbons (Fsp3) is 0.231. The predicted octanol–water partition coefficient (Wildman–Crippen LogP) is 2.21. The Balaban J connectivity index is 0.00000167. The van der Waals surface area contributed by atoms with E-state index in [2.05, 4.69) is 16.8 Å². The summed E-state index contributed by atoms with van der Waals surface area (Å²) in [5.41, 5.74) is 4.61. The first-order valence-corrected chi connectivity index (χ1v) is 10.9. The number of amides is 3. The monoisotopic (exact) mass is 475 g/mol. The lowest BCUT2D eigenvalue weighted by Crippen LogP contribution is -2.42. The second-order valence-corrected chi connectivity index (χ2v) is 7.70. The Kier molecular flexibility index (Phi) is 8.51. The number of hydroxylamine groups is 1. The maximum atomic E-state index is 12.8. The Hall–Kier alpha value is -4.26. The zero-order chi connectivity index (χ0) is 25.4. The number of nitrogens with one attached hydrogen (secondary N) is 2. The molecule has 180 valence electrons. The molecule has 2 heterocycles. The largest absolute Gasteiger partial charge is 0.400 e. The van der Waals surface area contributed by atoms with Crippen LogP contribution >= 0.6 is 0 Å². The van der Waals surface area contributed by atoms with Crippen LogP contribution in [0.1, 0.15) is 51.1 Å². The van der Waals surface area contributed by atoms with Gasteiger partial charge in [0.05, 0.1) is 17.2 Å². The van der Waals surface area contributed by atoms with Crippen LogP contribution in [0.15, 0.2) is 48.7 Å². The fourth-order valence-corrected chi connectivity index (χ4v) is 3.92. The lowest BCUT2D eigenvalue weighted by molar-refractivity contribution is -0.129. The molecule has 1 aromatic heterocycles. The minimum atomic E-state index is -0.927. The number of imide groups is 1. The van der Waals surface area contributed by atoms with E-state index in [1.54, 1.807) is 35.9 Å². The number of carbonyl (C=O) groups is 4. The molecule has 1 atom stereocenters. The molecular formula is C26H25N3O6. The van der Waals surface area contributed by atoms with Crippen LogP contribution in [0, 0.1) is 11.8 Å². The second-order valence-electron chi connectivity index (χ2n) is 7.70. The summed E-state index contributed by atoms with van der Waals surface area (Å²) in [5, 5.41) is 16.4. The van der Waals surface area contributed by atoms with Gasteiger partial charge in [-0.2, -0.15) is 0 Å². The fourth-order valence-electron chi connectivity index (χ4n) is 3.92. The highest BCUT2D eigenvalue weighted by atomic mass is 16.5. The van der Waals surface area contributed by atoms with Crippen molar-refractivity contribution in [2.24, 2.45) is 0 Å². The molecule has 35 heavy (non-hydrogen) atoms. The van der Waals surface area contributed by atoms with E-state index in [-0.39, 0.29) is 12.8 Å². The number of aliphatic hydroxyl groups excluding tert-OH is 1. The van der Waals surface area contributed by atoms with Gasteiger partial charge in [-0.05, 0) is 42.3 Å². The Labute approximate surface area is 201 Å². The van der Waals surface area contributed by atoms with E-state index in [0.29, 0.717) is 30.3 Å². The van der Waals surface area contributed by atoms with Gasteiger partial charge >= 0.3 is 0 Å². The number of carbonyl (C=O) groups excluding carboxylic acids is 4. The number of benzene rings is 2. The molecule has 1 aliphatic rings. The number of H-pyrrole nitrogens is 1. The molecular weight excluding hydrogens is 450 g/mol. The van der Waals surface area contributed by atoms with Crippen molar-refractivity contribution in [2.45, 2.75) is 31.7 Å². The average Bonchev–Trinajstić information content (AvgIpc) is 3.41. The third-order valence-electron chi connectivity index (χ3n) is 5.57. The van der Waals surface area contributed by atoms with Crippen molar-refractivity contribution in [3.05, 3.63) is 70.9 Å². The Morgan fingerprint density at radius 2 is 1.83 bits per heavy atom. The van der Waals surface area contributed by atoms with Crippen LogP contribution < -0.4 is 5.48 Å². The smallest absolute Gasteiger partial charge is 0.262 e. The quantitative estimate of drug-likeness (QED) is 0.103. The SMILES string of the molecule is CO.O=CC(Cc1c[nH]c2ccc(C#CCCCC(=O)NO)cc12)N1C(=O)c2ccccc2C1=O. The highest BCUT2D eigenvalue weighted by Gasteiger charge is 2.39. The standard InChI is InChI=1S/C25H21N3O5.CH4O/c29-15-18(28-24(31)19-7-4-5-8-20(19)25(28)32)13-17-14-26-22-11-10-16(12-21(17)22)6-2-1-3-9-23(30)27-33;1-2/h4-5,7-8,10-12,14-15,18,26,33H,1,3,9,13H2,(H,27,30);2H,1H3. The molecule has 3 aromatic rings. The summed E-state index contributed by atoms with van der Waals surface area (Å²) in [4.78, 5) is 52.7. The Bertz CT molecular complexity index is 1280. The zero-order valence-corrected chi connectivity index (χ0v) is 19.1. The molecule has 1 unspecified atom stereocenters. The summed E-state index contributed by atoms with van der Waals surface area (Å²) in [6.45, 7) is 0. The van der Waals surface area contributed by atoms with Gasteiger partial charge in [-0.15, -0.1) is 0 Å². The summed E-state index contributed by atoms with van der Waals surface area (Å²) in [6.07, 6.45) is 3.80. The van der Waals surface area contributed by atoms with E-state index in [1.807, 2.05) is 18.2 Å². The lowest BCUT2D eigenvalue weighted by atomic mass is 10.0. The van der Waals surface area contributed by atoms with Crippen molar-refractivity contribution in [3.63, 3.8) is 0 Å². The maximum Gasteiger partial charge on any atom is 0.262 e. The van der Waals surface area contributed by atoms with Gasteiger partial charge in [0.2, 0.25) is 5.91 Å². The first kappa shape index (κ1) is 25.4. The number of aromatic amines is 1. The Morgan fingerprint density at radius 3 is 2.46 bits per heavy atom. The molecule has 0 bridgehead atoms. The minimum Gasteiger partial charge on any atom is -0.400 e. The van der Waals surface area contributed by atoms with Gasteiger partial charge < -0.3 is 14.9 Å². The number of fused-ring (bicyclic) bond motifs is 2. The molecule has 4 rings (SSSR count). The number of aromatic nitrogens is 1. The van der Waals surface area contributed by atoms with Gasteiger partial charge in [0.25, 0.3) is 11.8 Å².